The fourth-order valence-corrected chi connectivity index (χ4v) is 3.35. The van der Waals surface area contributed by atoms with Crippen LogP contribution in [-0.2, 0) is 16.0 Å². The van der Waals surface area contributed by atoms with E-state index in [0.29, 0.717) is 19.8 Å². The fraction of sp³-hybridized carbons (Fsp3) is 0.421. The molecule has 7 nitrogen and oxygen atoms in total. The minimum absolute atomic E-state index is 0.247. The number of hydrogen-bond acceptors (Lipinski definition) is 6. The monoisotopic (exact) mass is 372 g/mol. The number of halogens is 1. The van der Waals surface area contributed by atoms with Crippen molar-refractivity contribution >= 4 is 11.7 Å². The highest BCUT2D eigenvalue weighted by molar-refractivity contribution is 5.92. The van der Waals surface area contributed by atoms with E-state index in [1.54, 1.807) is 24.3 Å². The van der Waals surface area contributed by atoms with Gasteiger partial charge >= 0.3 is 0 Å². The van der Waals surface area contributed by atoms with Crippen molar-refractivity contribution in [1.82, 2.24) is 15.5 Å². The van der Waals surface area contributed by atoms with Gasteiger partial charge in [-0.15, -0.1) is 10.2 Å². The van der Waals surface area contributed by atoms with E-state index >= 15 is 0 Å². The zero-order valence-corrected chi connectivity index (χ0v) is 14.9. The molecule has 1 N–H and O–H groups in total. The number of benzene rings is 1. The number of hydrogen-bond donors (Lipinski definition) is 1. The van der Waals surface area contributed by atoms with Gasteiger partial charge in [-0.05, 0) is 29.8 Å². The van der Waals surface area contributed by atoms with Gasteiger partial charge in [-0.2, -0.15) is 0 Å². The normalized spacial score (nSPS) is 18.6. The molecule has 0 unspecified atom stereocenters. The van der Waals surface area contributed by atoms with Crippen molar-refractivity contribution in [3.63, 3.8) is 0 Å². The van der Waals surface area contributed by atoms with Crippen LogP contribution in [0.2, 0.25) is 0 Å². The molecular formula is C19H21FN4O3. The number of carbonyl (C=O) groups is 1. The first-order valence-corrected chi connectivity index (χ1v) is 9.03. The molecule has 0 bridgehead atoms. The number of piperidine rings is 1. The quantitative estimate of drug-likeness (QED) is 0.883. The maximum absolute atomic E-state index is 12.9. The topological polar surface area (TPSA) is 76.6 Å². The predicted molar refractivity (Wildman–Crippen MR) is 95.7 cm³/mol. The Morgan fingerprint density at radius 3 is 2.41 bits per heavy atom. The molecule has 0 radical (unpaired) electrons. The summed E-state index contributed by atoms with van der Waals surface area (Å²) < 4.78 is 24.4. The Morgan fingerprint density at radius 1 is 1.07 bits per heavy atom. The van der Waals surface area contributed by atoms with Gasteiger partial charge in [0.1, 0.15) is 5.82 Å². The molecule has 1 spiro atoms. The third-order valence-corrected chi connectivity index (χ3v) is 4.91. The predicted octanol–water partition coefficient (Wildman–Crippen LogP) is 1.89. The van der Waals surface area contributed by atoms with Crippen molar-refractivity contribution in [3.05, 3.63) is 53.5 Å². The summed E-state index contributed by atoms with van der Waals surface area (Å²) in [4.78, 5) is 14.3. The summed E-state index contributed by atoms with van der Waals surface area (Å²) in [6, 6.07) is 9.45. The van der Waals surface area contributed by atoms with Gasteiger partial charge < -0.3 is 19.7 Å². The molecule has 4 rings (SSSR count). The summed E-state index contributed by atoms with van der Waals surface area (Å²) in [6.07, 6.45) is 1.57. The van der Waals surface area contributed by atoms with Crippen LogP contribution < -0.4 is 10.2 Å². The Morgan fingerprint density at radius 2 is 1.78 bits per heavy atom. The molecule has 3 heterocycles. The van der Waals surface area contributed by atoms with E-state index in [4.69, 9.17) is 9.47 Å². The maximum Gasteiger partial charge on any atom is 0.272 e. The summed E-state index contributed by atoms with van der Waals surface area (Å²) in [7, 11) is 0. The zero-order valence-electron chi connectivity index (χ0n) is 14.9. The molecule has 142 valence electrons. The molecule has 27 heavy (non-hydrogen) atoms. The van der Waals surface area contributed by atoms with Gasteiger partial charge in [0.25, 0.3) is 5.91 Å². The second-order valence-electron chi connectivity index (χ2n) is 6.68. The summed E-state index contributed by atoms with van der Waals surface area (Å²) in [5.74, 6) is -0.313. The summed E-state index contributed by atoms with van der Waals surface area (Å²) in [5.41, 5.74) is 1.06. The highest BCUT2D eigenvalue weighted by Gasteiger charge is 2.40. The smallest absolute Gasteiger partial charge is 0.272 e. The van der Waals surface area contributed by atoms with Gasteiger partial charge in [0.05, 0.1) is 13.2 Å². The van der Waals surface area contributed by atoms with Crippen molar-refractivity contribution in [2.75, 3.05) is 31.2 Å². The molecule has 1 amide bonds. The molecule has 1 aromatic heterocycles. The first-order valence-electron chi connectivity index (χ1n) is 9.03. The van der Waals surface area contributed by atoms with E-state index < -0.39 is 5.79 Å². The summed E-state index contributed by atoms with van der Waals surface area (Å²) in [5, 5.41) is 11.0. The maximum atomic E-state index is 12.9. The second kappa shape index (κ2) is 7.58. The lowest BCUT2D eigenvalue weighted by atomic mass is 10.0. The number of nitrogens with zero attached hydrogens (tertiary/aromatic N) is 3. The third kappa shape index (κ3) is 4.06. The van der Waals surface area contributed by atoms with Gasteiger partial charge in [0.15, 0.2) is 17.3 Å². The summed E-state index contributed by atoms with van der Waals surface area (Å²) in [6.45, 7) is 3.15. The second-order valence-corrected chi connectivity index (χ2v) is 6.68. The van der Waals surface area contributed by atoms with Crippen LogP contribution in [0.15, 0.2) is 36.4 Å². The Bertz CT molecular complexity index is 782. The molecule has 2 aliphatic rings. The highest BCUT2D eigenvalue weighted by Crippen LogP contribution is 2.32. The average Bonchev–Trinajstić information content (AvgIpc) is 3.16. The van der Waals surface area contributed by atoms with Crippen molar-refractivity contribution in [2.24, 2.45) is 0 Å². The van der Waals surface area contributed by atoms with Crippen molar-refractivity contribution < 1.29 is 18.7 Å². The number of ether oxygens (including phenoxy) is 2. The molecular weight excluding hydrogens is 351 g/mol. The Kier molecular flexibility index (Phi) is 5.00. The third-order valence-electron chi connectivity index (χ3n) is 4.91. The minimum Gasteiger partial charge on any atom is -0.355 e. The number of anilines is 1. The van der Waals surface area contributed by atoms with Gasteiger partial charge in [0.2, 0.25) is 0 Å². The van der Waals surface area contributed by atoms with Crippen LogP contribution >= 0.6 is 0 Å². The number of nitrogens with one attached hydrogen (secondary N) is 1. The van der Waals surface area contributed by atoms with Crippen LogP contribution in [0, 0.1) is 5.82 Å². The van der Waals surface area contributed by atoms with E-state index in [1.165, 1.54) is 12.1 Å². The van der Waals surface area contributed by atoms with Crippen molar-refractivity contribution in [3.8, 4) is 0 Å². The van der Waals surface area contributed by atoms with Crippen LogP contribution in [0.25, 0.3) is 0 Å². The number of carbonyl (C=O) groups excluding carboxylic acids is 1. The molecule has 2 aliphatic heterocycles. The lowest BCUT2D eigenvalue weighted by Gasteiger charge is -2.37. The average molecular weight is 372 g/mol. The number of amides is 1. The standard InChI is InChI=1S/C19H21FN4O3/c20-15-3-1-14(2-4-15)13-21-18(25)16-5-6-17(23-22-16)24-9-7-19(8-10-24)26-11-12-27-19/h1-6H,7-13H2,(H,21,25). The highest BCUT2D eigenvalue weighted by atomic mass is 19.1. The molecule has 1 aromatic carbocycles. The molecule has 0 aliphatic carbocycles. The van der Waals surface area contributed by atoms with E-state index in [9.17, 15) is 9.18 Å². The van der Waals surface area contributed by atoms with E-state index in [2.05, 4.69) is 20.4 Å². The molecule has 0 atom stereocenters. The molecule has 8 heteroatoms. The van der Waals surface area contributed by atoms with E-state index in [1.807, 2.05) is 0 Å². The molecule has 2 aromatic rings. The van der Waals surface area contributed by atoms with Crippen LogP contribution in [0.3, 0.4) is 0 Å². The molecule has 2 saturated heterocycles. The van der Waals surface area contributed by atoms with Crippen LogP contribution in [-0.4, -0.2) is 48.2 Å². The van der Waals surface area contributed by atoms with E-state index in [0.717, 1.165) is 37.3 Å². The largest absolute Gasteiger partial charge is 0.355 e. The van der Waals surface area contributed by atoms with Gasteiger partial charge in [0, 0.05) is 32.5 Å². The fourth-order valence-electron chi connectivity index (χ4n) is 3.35. The number of rotatable bonds is 4. The Hall–Kier alpha value is -2.58. The lowest BCUT2D eigenvalue weighted by Crippen LogP contribution is -2.45. The lowest BCUT2D eigenvalue weighted by molar-refractivity contribution is -0.169. The van der Waals surface area contributed by atoms with Gasteiger partial charge in [-0.25, -0.2) is 4.39 Å². The van der Waals surface area contributed by atoms with Crippen molar-refractivity contribution in [1.29, 1.82) is 0 Å². The Labute approximate surface area is 156 Å². The summed E-state index contributed by atoms with van der Waals surface area (Å²) >= 11 is 0. The molecule has 0 saturated carbocycles. The first kappa shape index (κ1) is 17.8. The van der Waals surface area contributed by atoms with E-state index in [-0.39, 0.29) is 17.4 Å². The number of aromatic nitrogens is 2. The van der Waals surface area contributed by atoms with Gasteiger partial charge in [-0.3, -0.25) is 4.79 Å². The Balaban J connectivity index is 1.32. The SMILES string of the molecule is O=C(NCc1ccc(F)cc1)c1ccc(N2CCC3(CC2)OCCO3)nn1. The van der Waals surface area contributed by atoms with Gasteiger partial charge in [-0.1, -0.05) is 12.1 Å². The zero-order chi connectivity index (χ0) is 18.7. The molecule has 2 fully saturated rings. The van der Waals surface area contributed by atoms with Crippen LogP contribution in [0.4, 0.5) is 10.2 Å². The minimum atomic E-state index is -0.426. The van der Waals surface area contributed by atoms with Crippen LogP contribution in [0.1, 0.15) is 28.9 Å². The first-order chi connectivity index (χ1) is 13.1. The van der Waals surface area contributed by atoms with Crippen LogP contribution in [0.5, 0.6) is 0 Å². The van der Waals surface area contributed by atoms with Crippen molar-refractivity contribution in [2.45, 2.75) is 25.2 Å².